The van der Waals surface area contributed by atoms with Crippen LogP contribution in [0.25, 0.3) is 0 Å². The van der Waals surface area contributed by atoms with Gasteiger partial charge in [-0.05, 0) is 6.92 Å². The average Bonchev–Trinajstić information content (AvgIpc) is 2.46. The van der Waals surface area contributed by atoms with Gasteiger partial charge in [-0.15, -0.1) is 0 Å². The minimum Gasteiger partial charge on any atom is -0.383 e. The van der Waals surface area contributed by atoms with Crippen LogP contribution in [0.2, 0.25) is 0 Å². The number of carbonyl (C=O) groups is 1. The first-order valence-corrected chi connectivity index (χ1v) is 6.86. The smallest absolute Gasteiger partial charge is 0.242 e. The van der Waals surface area contributed by atoms with Gasteiger partial charge in [0.2, 0.25) is 5.91 Å². The molecule has 21 heavy (non-hydrogen) atoms. The van der Waals surface area contributed by atoms with Crippen LogP contribution in [-0.4, -0.2) is 42.2 Å². The summed E-state index contributed by atoms with van der Waals surface area (Å²) < 4.78 is 4.88. The van der Waals surface area contributed by atoms with E-state index in [0.717, 1.165) is 0 Å². The first-order valence-electron chi connectivity index (χ1n) is 6.86. The van der Waals surface area contributed by atoms with Crippen LogP contribution in [0, 0.1) is 0 Å². The SMILES string of the molecule is COCCNC(=O)C(C)Nc1cc(NN)nc(C(C)C)n1. The number of hydrogen-bond donors (Lipinski definition) is 4. The minimum absolute atomic E-state index is 0.126. The topological polar surface area (TPSA) is 114 Å². The Balaban J connectivity index is 2.72. The first-order chi connectivity index (χ1) is 9.97. The second-order valence-corrected chi connectivity index (χ2v) is 4.95. The molecule has 0 aromatic carbocycles. The normalized spacial score (nSPS) is 12.1. The van der Waals surface area contributed by atoms with Gasteiger partial charge < -0.3 is 20.8 Å². The summed E-state index contributed by atoms with van der Waals surface area (Å²) in [5.41, 5.74) is 2.50. The van der Waals surface area contributed by atoms with Crippen molar-refractivity contribution in [2.45, 2.75) is 32.7 Å². The zero-order valence-electron chi connectivity index (χ0n) is 12.9. The number of hydrazine groups is 1. The molecule has 0 bridgehead atoms. The van der Waals surface area contributed by atoms with Crippen LogP contribution in [0.3, 0.4) is 0 Å². The van der Waals surface area contributed by atoms with Gasteiger partial charge in [-0.3, -0.25) is 4.79 Å². The summed E-state index contributed by atoms with van der Waals surface area (Å²) in [6.45, 7) is 6.68. The number of carbonyl (C=O) groups excluding carboxylic acids is 1. The van der Waals surface area contributed by atoms with Crippen molar-refractivity contribution < 1.29 is 9.53 Å². The van der Waals surface area contributed by atoms with Gasteiger partial charge in [-0.1, -0.05) is 13.8 Å². The van der Waals surface area contributed by atoms with Crippen molar-refractivity contribution in [1.82, 2.24) is 15.3 Å². The lowest BCUT2D eigenvalue weighted by atomic mass is 10.2. The van der Waals surface area contributed by atoms with Crippen molar-refractivity contribution in [2.75, 3.05) is 31.0 Å². The van der Waals surface area contributed by atoms with Gasteiger partial charge in [0.15, 0.2) is 0 Å². The fourth-order valence-electron chi connectivity index (χ4n) is 1.59. The van der Waals surface area contributed by atoms with Crippen molar-refractivity contribution in [2.24, 2.45) is 5.84 Å². The fourth-order valence-corrected chi connectivity index (χ4v) is 1.59. The van der Waals surface area contributed by atoms with E-state index in [2.05, 4.69) is 26.0 Å². The van der Waals surface area contributed by atoms with Gasteiger partial charge in [-0.2, -0.15) is 0 Å². The zero-order chi connectivity index (χ0) is 15.8. The summed E-state index contributed by atoms with van der Waals surface area (Å²) in [6, 6.07) is 1.23. The molecule has 0 aliphatic carbocycles. The summed E-state index contributed by atoms with van der Waals surface area (Å²) in [4.78, 5) is 20.5. The Kier molecular flexibility index (Phi) is 6.83. The third kappa shape index (κ3) is 5.52. The van der Waals surface area contributed by atoms with E-state index in [0.29, 0.717) is 30.6 Å². The molecule has 0 fully saturated rings. The highest BCUT2D eigenvalue weighted by atomic mass is 16.5. The molecule has 0 spiro atoms. The van der Waals surface area contributed by atoms with E-state index in [9.17, 15) is 4.79 Å². The van der Waals surface area contributed by atoms with Gasteiger partial charge in [0.05, 0.1) is 6.61 Å². The van der Waals surface area contributed by atoms with Crippen LogP contribution in [0.15, 0.2) is 6.07 Å². The van der Waals surface area contributed by atoms with Gasteiger partial charge in [-0.25, -0.2) is 15.8 Å². The average molecular weight is 296 g/mol. The number of ether oxygens (including phenoxy) is 1. The van der Waals surface area contributed by atoms with E-state index in [1.807, 2.05) is 13.8 Å². The number of amides is 1. The Hall–Kier alpha value is -1.93. The number of rotatable bonds is 8. The standard InChI is InChI=1S/C13H24N6O2/c1-8(2)12-17-10(7-11(18-12)19-14)16-9(3)13(20)15-5-6-21-4/h7-9H,5-6,14H2,1-4H3,(H,15,20)(H2,16,17,18,19). The zero-order valence-corrected chi connectivity index (χ0v) is 12.9. The Bertz CT molecular complexity index is 466. The van der Waals surface area contributed by atoms with Gasteiger partial charge in [0.25, 0.3) is 0 Å². The molecule has 0 saturated carbocycles. The number of methoxy groups -OCH3 is 1. The van der Waals surface area contributed by atoms with Crippen LogP contribution in [-0.2, 0) is 9.53 Å². The van der Waals surface area contributed by atoms with Gasteiger partial charge >= 0.3 is 0 Å². The largest absolute Gasteiger partial charge is 0.383 e. The van der Waals surface area contributed by atoms with Crippen molar-refractivity contribution in [3.8, 4) is 0 Å². The van der Waals surface area contributed by atoms with Crippen molar-refractivity contribution >= 4 is 17.5 Å². The molecule has 0 radical (unpaired) electrons. The second kappa shape index (κ2) is 8.38. The highest BCUT2D eigenvalue weighted by Crippen LogP contribution is 2.16. The molecule has 0 saturated heterocycles. The van der Waals surface area contributed by atoms with Crippen molar-refractivity contribution in [3.05, 3.63) is 11.9 Å². The number of anilines is 2. The Morgan fingerprint density at radius 1 is 1.33 bits per heavy atom. The van der Waals surface area contributed by atoms with E-state index in [1.54, 1.807) is 20.1 Å². The molecule has 118 valence electrons. The second-order valence-electron chi connectivity index (χ2n) is 4.95. The van der Waals surface area contributed by atoms with Crippen LogP contribution in [0.4, 0.5) is 11.6 Å². The molecule has 1 rings (SSSR count). The number of nitrogen functional groups attached to an aromatic ring is 1. The molecular weight excluding hydrogens is 272 g/mol. The molecule has 0 aliphatic heterocycles. The maximum Gasteiger partial charge on any atom is 0.242 e. The van der Waals surface area contributed by atoms with Gasteiger partial charge in [0, 0.05) is 25.6 Å². The van der Waals surface area contributed by atoms with Gasteiger partial charge in [0.1, 0.15) is 23.5 Å². The number of nitrogens with one attached hydrogen (secondary N) is 3. The molecule has 1 unspecified atom stereocenters. The van der Waals surface area contributed by atoms with E-state index in [4.69, 9.17) is 10.6 Å². The molecule has 1 aromatic heterocycles. The summed E-state index contributed by atoms with van der Waals surface area (Å²) >= 11 is 0. The molecule has 8 nitrogen and oxygen atoms in total. The molecule has 1 heterocycles. The van der Waals surface area contributed by atoms with Crippen LogP contribution >= 0.6 is 0 Å². The Morgan fingerprint density at radius 2 is 2.00 bits per heavy atom. The third-order valence-corrected chi connectivity index (χ3v) is 2.77. The molecule has 1 aromatic rings. The quantitative estimate of drug-likeness (QED) is 0.313. The molecule has 0 aliphatic rings. The predicted molar refractivity (Wildman–Crippen MR) is 81.9 cm³/mol. The lowest BCUT2D eigenvalue weighted by Crippen LogP contribution is -2.39. The minimum atomic E-state index is -0.428. The van der Waals surface area contributed by atoms with E-state index < -0.39 is 6.04 Å². The maximum atomic E-state index is 11.9. The fraction of sp³-hybridized carbons (Fsp3) is 0.615. The molecule has 1 amide bonds. The Morgan fingerprint density at radius 3 is 2.57 bits per heavy atom. The van der Waals surface area contributed by atoms with Crippen LogP contribution in [0.1, 0.15) is 32.5 Å². The van der Waals surface area contributed by atoms with E-state index >= 15 is 0 Å². The maximum absolute atomic E-state index is 11.9. The third-order valence-electron chi connectivity index (χ3n) is 2.77. The molecule has 8 heteroatoms. The molecular formula is C13H24N6O2. The lowest BCUT2D eigenvalue weighted by molar-refractivity contribution is -0.121. The van der Waals surface area contributed by atoms with Crippen LogP contribution in [0.5, 0.6) is 0 Å². The number of nitrogens with two attached hydrogens (primary N) is 1. The Labute approximate surface area is 124 Å². The number of nitrogens with zero attached hydrogens (tertiary/aromatic N) is 2. The lowest BCUT2D eigenvalue weighted by Gasteiger charge is -2.16. The summed E-state index contributed by atoms with van der Waals surface area (Å²) in [7, 11) is 1.59. The monoisotopic (exact) mass is 296 g/mol. The summed E-state index contributed by atoms with van der Waals surface area (Å²) in [6.07, 6.45) is 0. The van der Waals surface area contributed by atoms with Crippen molar-refractivity contribution in [3.63, 3.8) is 0 Å². The molecule has 5 N–H and O–H groups in total. The summed E-state index contributed by atoms with van der Waals surface area (Å²) in [5.74, 6) is 7.14. The highest BCUT2D eigenvalue weighted by Gasteiger charge is 2.14. The number of aromatic nitrogens is 2. The van der Waals surface area contributed by atoms with Crippen molar-refractivity contribution in [1.29, 1.82) is 0 Å². The summed E-state index contributed by atoms with van der Waals surface area (Å²) in [5, 5.41) is 5.80. The van der Waals surface area contributed by atoms with E-state index in [-0.39, 0.29) is 11.8 Å². The predicted octanol–water partition coefficient (Wildman–Crippen LogP) is 0.449. The highest BCUT2D eigenvalue weighted by molar-refractivity contribution is 5.83. The van der Waals surface area contributed by atoms with Crippen LogP contribution < -0.4 is 21.9 Å². The molecule has 1 atom stereocenters. The van der Waals surface area contributed by atoms with E-state index in [1.165, 1.54) is 0 Å². The number of hydrogen-bond acceptors (Lipinski definition) is 7. The first kappa shape index (κ1) is 17.1.